The van der Waals surface area contributed by atoms with Crippen LogP contribution in [0.1, 0.15) is 19.4 Å². The number of nitrogens with one attached hydrogen (secondary N) is 1. The topological polar surface area (TPSA) is 58.6 Å². The maximum Gasteiger partial charge on any atom is 0.313 e. The van der Waals surface area contributed by atoms with E-state index in [2.05, 4.69) is 5.32 Å². The van der Waals surface area contributed by atoms with Crippen molar-refractivity contribution in [1.82, 2.24) is 0 Å². The van der Waals surface area contributed by atoms with Crippen molar-refractivity contribution in [2.75, 3.05) is 12.4 Å². The standard InChI is InChI=1S/C17H19NO3/c1-17(2,16(19)20)14-9-4-5-10-15(14)18-12-7-6-8-13(11-12)21-3/h4-11,18H,1-3H3,(H,19,20). The normalized spacial score (nSPS) is 11.0. The highest BCUT2D eigenvalue weighted by atomic mass is 16.5. The molecule has 0 spiro atoms. The number of anilines is 2. The minimum absolute atomic E-state index is 0.736. The molecule has 0 amide bonds. The monoisotopic (exact) mass is 285 g/mol. The van der Waals surface area contributed by atoms with Gasteiger partial charge in [0, 0.05) is 17.4 Å². The molecule has 2 aromatic rings. The zero-order valence-corrected chi connectivity index (χ0v) is 12.4. The summed E-state index contributed by atoms with van der Waals surface area (Å²) >= 11 is 0. The first-order valence-corrected chi connectivity index (χ1v) is 6.69. The molecule has 110 valence electrons. The number of carboxylic acid groups (broad SMARTS) is 1. The fraction of sp³-hybridized carbons (Fsp3) is 0.235. The number of methoxy groups -OCH3 is 1. The van der Waals surface area contributed by atoms with Crippen LogP contribution in [-0.4, -0.2) is 18.2 Å². The van der Waals surface area contributed by atoms with Crippen molar-refractivity contribution in [3.63, 3.8) is 0 Å². The highest BCUT2D eigenvalue weighted by Gasteiger charge is 2.31. The zero-order chi connectivity index (χ0) is 15.5. The van der Waals surface area contributed by atoms with Crippen LogP contribution in [0.15, 0.2) is 48.5 Å². The van der Waals surface area contributed by atoms with Crippen LogP contribution in [0, 0.1) is 0 Å². The van der Waals surface area contributed by atoms with Crippen LogP contribution in [0.3, 0.4) is 0 Å². The summed E-state index contributed by atoms with van der Waals surface area (Å²) in [6.45, 7) is 3.39. The van der Waals surface area contributed by atoms with E-state index < -0.39 is 11.4 Å². The fourth-order valence-electron chi connectivity index (χ4n) is 2.11. The maximum absolute atomic E-state index is 11.5. The smallest absolute Gasteiger partial charge is 0.313 e. The number of hydrogen-bond donors (Lipinski definition) is 2. The molecule has 0 saturated heterocycles. The third-order valence-electron chi connectivity index (χ3n) is 3.48. The highest BCUT2D eigenvalue weighted by molar-refractivity contribution is 5.83. The SMILES string of the molecule is COc1cccc(Nc2ccccc2C(C)(C)C(=O)O)c1. The molecule has 0 aliphatic heterocycles. The number of rotatable bonds is 5. The Morgan fingerprint density at radius 3 is 2.52 bits per heavy atom. The molecule has 0 aromatic heterocycles. The maximum atomic E-state index is 11.5. The van der Waals surface area contributed by atoms with Crippen LogP contribution in [0.5, 0.6) is 5.75 Å². The molecule has 0 saturated carbocycles. The summed E-state index contributed by atoms with van der Waals surface area (Å²) in [7, 11) is 1.61. The summed E-state index contributed by atoms with van der Waals surface area (Å²) in [6.07, 6.45) is 0. The lowest BCUT2D eigenvalue weighted by molar-refractivity contribution is -0.142. The number of para-hydroxylation sites is 1. The fourth-order valence-corrected chi connectivity index (χ4v) is 2.11. The van der Waals surface area contributed by atoms with Crippen LogP contribution >= 0.6 is 0 Å². The summed E-state index contributed by atoms with van der Waals surface area (Å²) < 4.78 is 5.19. The van der Waals surface area contributed by atoms with Crippen LogP contribution < -0.4 is 10.1 Å². The van der Waals surface area contributed by atoms with Crippen LogP contribution in [0.2, 0.25) is 0 Å². The number of ether oxygens (including phenoxy) is 1. The largest absolute Gasteiger partial charge is 0.497 e. The van der Waals surface area contributed by atoms with E-state index in [1.807, 2.05) is 48.5 Å². The van der Waals surface area contributed by atoms with Gasteiger partial charge in [-0.25, -0.2) is 0 Å². The molecular formula is C17H19NO3. The van der Waals surface area contributed by atoms with Gasteiger partial charge < -0.3 is 15.2 Å². The molecule has 2 N–H and O–H groups in total. The second kappa shape index (κ2) is 5.87. The lowest BCUT2D eigenvalue weighted by Crippen LogP contribution is -2.29. The predicted octanol–water partition coefficient (Wildman–Crippen LogP) is 3.80. The Morgan fingerprint density at radius 2 is 1.86 bits per heavy atom. The number of aliphatic carboxylic acids is 1. The van der Waals surface area contributed by atoms with Crippen LogP contribution in [-0.2, 0) is 10.2 Å². The van der Waals surface area contributed by atoms with Crippen molar-refractivity contribution in [1.29, 1.82) is 0 Å². The van der Waals surface area contributed by atoms with Gasteiger partial charge in [0.1, 0.15) is 5.75 Å². The number of carbonyl (C=O) groups is 1. The van der Waals surface area contributed by atoms with E-state index in [4.69, 9.17) is 4.74 Å². The van der Waals surface area contributed by atoms with Crippen molar-refractivity contribution < 1.29 is 14.6 Å². The minimum Gasteiger partial charge on any atom is -0.497 e. The molecule has 0 unspecified atom stereocenters. The first-order chi connectivity index (χ1) is 9.95. The highest BCUT2D eigenvalue weighted by Crippen LogP contribution is 2.32. The third kappa shape index (κ3) is 3.16. The first kappa shape index (κ1) is 14.9. The molecule has 0 bridgehead atoms. The van der Waals surface area contributed by atoms with Gasteiger partial charge in [-0.15, -0.1) is 0 Å². The Labute approximate surface area is 124 Å². The molecule has 0 aliphatic carbocycles. The van der Waals surface area contributed by atoms with Gasteiger partial charge in [0.25, 0.3) is 0 Å². The van der Waals surface area contributed by atoms with E-state index in [0.717, 1.165) is 22.7 Å². The molecule has 0 fully saturated rings. The summed E-state index contributed by atoms with van der Waals surface area (Å²) in [5, 5.41) is 12.7. The molecular weight excluding hydrogens is 266 g/mol. The Bertz CT molecular complexity index is 650. The molecule has 4 nitrogen and oxygen atoms in total. The van der Waals surface area contributed by atoms with E-state index in [1.54, 1.807) is 21.0 Å². The summed E-state index contributed by atoms with van der Waals surface area (Å²) in [4.78, 5) is 11.5. The first-order valence-electron chi connectivity index (χ1n) is 6.69. The van der Waals surface area contributed by atoms with E-state index in [0.29, 0.717) is 0 Å². The molecule has 4 heteroatoms. The van der Waals surface area contributed by atoms with Gasteiger partial charge in [0.05, 0.1) is 12.5 Å². The van der Waals surface area contributed by atoms with E-state index in [9.17, 15) is 9.90 Å². The van der Waals surface area contributed by atoms with Crippen molar-refractivity contribution in [2.24, 2.45) is 0 Å². The van der Waals surface area contributed by atoms with Gasteiger partial charge in [0.2, 0.25) is 0 Å². The number of hydrogen-bond acceptors (Lipinski definition) is 3. The quantitative estimate of drug-likeness (QED) is 0.877. The molecule has 2 rings (SSSR count). The van der Waals surface area contributed by atoms with Crippen LogP contribution in [0.25, 0.3) is 0 Å². The lowest BCUT2D eigenvalue weighted by Gasteiger charge is -2.23. The molecule has 21 heavy (non-hydrogen) atoms. The van der Waals surface area contributed by atoms with Crippen molar-refractivity contribution >= 4 is 17.3 Å². The summed E-state index contributed by atoms with van der Waals surface area (Å²) in [5.74, 6) is -0.114. The van der Waals surface area contributed by atoms with E-state index in [1.165, 1.54) is 0 Å². The summed E-state index contributed by atoms with van der Waals surface area (Å²) in [5.41, 5.74) is 1.39. The Hall–Kier alpha value is -2.49. The molecule has 2 aromatic carbocycles. The second-order valence-corrected chi connectivity index (χ2v) is 5.33. The number of benzene rings is 2. The van der Waals surface area contributed by atoms with Gasteiger partial charge in [-0.05, 0) is 37.6 Å². The van der Waals surface area contributed by atoms with Gasteiger partial charge in [0.15, 0.2) is 0 Å². The van der Waals surface area contributed by atoms with E-state index in [-0.39, 0.29) is 0 Å². The minimum atomic E-state index is -0.970. The van der Waals surface area contributed by atoms with Crippen LogP contribution in [0.4, 0.5) is 11.4 Å². The summed E-state index contributed by atoms with van der Waals surface area (Å²) in [6, 6.07) is 14.9. The Balaban J connectivity index is 2.39. The average molecular weight is 285 g/mol. The van der Waals surface area contributed by atoms with Gasteiger partial charge in [-0.3, -0.25) is 4.79 Å². The van der Waals surface area contributed by atoms with Crippen molar-refractivity contribution in [2.45, 2.75) is 19.3 Å². The molecule has 0 radical (unpaired) electrons. The lowest BCUT2D eigenvalue weighted by atomic mass is 9.83. The van der Waals surface area contributed by atoms with Crippen molar-refractivity contribution in [3.05, 3.63) is 54.1 Å². The molecule has 0 aliphatic rings. The van der Waals surface area contributed by atoms with Gasteiger partial charge in [-0.1, -0.05) is 24.3 Å². The van der Waals surface area contributed by atoms with Gasteiger partial charge in [-0.2, -0.15) is 0 Å². The average Bonchev–Trinajstić information content (AvgIpc) is 2.47. The predicted molar refractivity (Wildman–Crippen MR) is 83.4 cm³/mol. The van der Waals surface area contributed by atoms with E-state index >= 15 is 0 Å². The number of carboxylic acids is 1. The Kier molecular flexibility index (Phi) is 4.17. The Morgan fingerprint density at radius 1 is 1.14 bits per heavy atom. The third-order valence-corrected chi connectivity index (χ3v) is 3.48. The molecule has 0 heterocycles. The molecule has 0 atom stereocenters. The van der Waals surface area contributed by atoms with Crippen molar-refractivity contribution in [3.8, 4) is 5.75 Å². The van der Waals surface area contributed by atoms with Gasteiger partial charge >= 0.3 is 5.97 Å². The second-order valence-electron chi connectivity index (χ2n) is 5.33. The zero-order valence-electron chi connectivity index (χ0n) is 12.4.